The summed E-state index contributed by atoms with van der Waals surface area (Å²) in [6.07, 6.45) is -1.21. The molecule has 0 aromatic heterocycles. The second-order valence-electron chi connectivity index (χ2n) is 7.56. The predicted octanol–water partition coefficient (Wildman–Crippen LogP) is 3.96. The van der Waals surface area contributed by atoms with Gasteiger partial charge in [0.15, 0.2) is 0 Å². The van der Waals surface area contributed by atoms with Gasteiger partial charge in [0, 0.05) is 19.5 Å². The first-order chi connectivity index (χ1) is 12.8. The summed E-state index contributed by atoms with van der Waals surface area (Å²) in [4.78, 5) is 1.52. The predicted molar refractivity (Wildman–Crippen MR) is 100 cm³/mol. The van der Waals surface area contributed by atoms with Crippen molar-refractivity contribution in [2.45, 2.75) is 32.4 Å². The Balaban J connectivity index is 1.74. The van der Waals surface area contributed by atoms with E-state index in [2.05, 4.69) is 14.0 Å². The summed E-state index contributed by atoms with van der Waals surface area (Å²) in [6.45, 7) is 5.94. The Labute approximate surface area is 160 Å². The number of likely N-dealkylation sites (N-methyl/N-ethyl adjacent to an activating group) is 1. The fourth-order valence-corrected chi connectivity index (χ4v) is 3.27. The molecule has 0 N–H and O–H groups in total. The molecule has 0 amide bonds. The summed E-state index contributed by atoms with van der Waals surface area (Å²) in [5.41, 5.74) is 0. The van der Waals surface area contributed by atoms with Crippen LogP contribution in [-0.4, -0.2) is 75.1 Å². The van der Waals surface area contributed by atoms with Crippen LogP contribution in [0.3, 0.4) is 0 Å². The lowest BCUT2D eigenvalue weighted by Gasteiger charge is -2.33. The molecule has 0 spiro atoms. The SMILES string of the molecule is CCCCOc1ccc(OCC[N+]2(C)CCCN(CC(F)(F)F)CC2)cc1. The van der Waals surface area contributed by atoms with Gasteiger partial charge in [0.25, 0.3) is 0 Å². The Bertz CT molecular complexity index is 551. The van der Waals surface area contributed by atoms with Gasteiger partial charge in [-0.05, 0) is 30.7 Å². The van der Waals surface area contributed by atoms with Gasteiger partial charge in [-0.2, -0.15) is 13.2 Å². The van der Waals surface area contributed by atoms with Crippen LogP contribution >= 0.6 is 0 Å². The topological polar surface area (TPSA) is 21.7 Å². The van der Waals surface area contributed by atoms with Gasteiger partial charge in [0.1, 0.15) is 24.7 Å². The molecule has 4 nitrogen and oxygen atoms in total. The standard InChI is InChI=1S/C20H32F3N2O2/c1-3-4-15-26-18-6-8-19(9-7-18)27-16-14-25(2)12-5-10-24(11-13-25)17-20(21,22)23/h6-9H,3-5,10-17H2,1-2H3/q+1. The van der Waals surface area contributed by atoms with Crippen LogP contribution in [0.2, 0.25) is 0 Å². The van der Waals surface area contributed by atoms with Crippen molar-refractivity contribution in [3.63, 3.8) is 0 Å². The van der Waals surface area contributed by atoms with E-state index in [4.69, 9.17) is 9.47 Å². The monoisotopic (exact) mass is 389 g/mol. The molecule has 7 heteroatoms. The van der Waals surface area contributed by atoms with Crippen LogP contribution in [0.5, 0.6) is 11.5 Å². The van der Waals surface area contributed by atoms with E-state index in [1.165, 1.54) is 4.90 Å². The van der Waals surface area contributed by atoms with E-state index in [1.54, 1.807) is 0 Å². The molecule has 1 fully saturated rings. The quantitative estimate of drug-likeness (QED) is 0.471. The average molecular weight is 389 g/mol. The summed E-state index contributed by atoms with van der Waals surface area (Å²) in [5, 5.41) is 0. The number of unbranched alkanes of at least 4 members (excludes halogenated alkanes) is 1. The molecular weight excluding hydrogens is 357 g/mol. The van der Waals surface area contributed by atoms with Crippen molar-refractivity contribution in [3.8, 4) is 11.5 Å². The zero-order valence-corrected chi connectivity index (χ0v) is 16.4. The van der Waals surface area contributed by atoms with Crippen LogP contribution in [0.1, 0.15) is 26.2 Å². The number of benzene rings is 1. The van der Waals surface area contributed by atoms with E-state index in [9.17, 15) is 13.2 Å². The summed E-state index contributed by atoms with van der Waals surface area (Å²) >= 11 is 0. The molecule has 1 heterocycles. The minimum absolute atomic E-state index is 0.472. The Kier molecular flexibility index (Phi) is 8.23. The van der Waals surface area contributed by atoms with Crippen LogP contribution in [0, 0.1) is 0 Å². The highest BCUT2D eigenvalue weighted by atomic mass is 19.4. The van der Waals surface area contributed by atoms with Crippen molar-refractivity contribution in [1.82, 2.24) is 4.90 Å². The molecule has 1 saturated heterocycles. The fraction of sp³-hybridized carbons (Fsp3) is 0.700. The lowest BCUT2D eigenvalue weighted by molar-refractivity contribution is -0.907. The Morgan fingerprint density at radius 2 is 1.63 bits per heavy atom. The number of quaternary nitrogens is 1. The van der Waals surface area contributed by atoms with Crippen LogP contribution in [0.4, 0.5) is 13.2 Å². The van der Waals surface area contributed by atoms with Crippen molar-refractivity contribution in [3.05, 3.63) is 24.3 Å². The smallest absolute Gasteiger partial charge is 0.401 e. The Morgan fingerprint density at radius 3 is 2.22 bits per heavy atom. The zero-order chi connectivity index (χ0) is 19.8. The third kappa shape index (κ3) is 8.39. The zero-order valence-electron chi connectivity index (χ0n) is 16.4. The molecule has 0 aliphatic carbocycles. The molecular formula is C20H32F3N2O2+. The number of nitrogens with zero attached hydrogens (tertiary/aromatic N) is 2. The number of rotatable bonds is 9. The molecule has 1 aromatic rings. The Hall–Kier alpha value is -1.47. The first-order valence-corrected chi connectivity index (χ1v) is 9.78. The number of hydrogen-bond acceptors (Lipinski definition) is 3. The van der Waals surface area contributed by atoms with E-state index in [0.717, 1.165) is 54.9 Å². The van der Waals surface area contributed by atoms with Crippen LogP contribution in [0.25, 0.3) is 0 Å². The van der Waals surface area contributed by atoms with Crippen molar-refractivity contribution < 1.29 is 27.1 Å². The van der Waals surface area contributed by atoms with E-state index in [0.29, 0.717) is 26.2 Å². The maximum atomic E-state index is 12.6. The van der Waals surface area contributed by atoms with Crippen molar-refractivity contribution in [2.24, 2.45) is 0 Å². The van der Waals surface area contributed by atoms with Gasteiger partial charge in [-0.1, -0.05) is 13.3 Å². The molecule has 1 atom stereocenters. The average Bonchev–Trinajstić information content (AvgIpc) is 2.77. The lowest BCUT2D eigenvalue weighted by atomic mass is 10.3. The molecule has 27 heavy (non-hydrogen) atoms. The third-order valence-corrected chi connectivity index (χ3v) is 5.02. The van der Waals surface area contributed by atoms with Crippen LogP contribution in [0.15, 0.2) is 24.3 Å². The normalized spacial score (nSPS) is 21.7. The minimum Gasteiger partial charge on any atom is -0.494 e. The van der Waals surface area contributed by atoms with E-state index in [-0.39, 0.29) is 0 Å². The van der Waals surface area contributed by atoms with Gasteiger partial charge in [-0.25, -0.2) is 0 Å². The van der Waals surface area contributed by atoms with Crippen LogP contribution < -0.4 is 9.47 Å². The highest BCUT2D eigenvalue weighted by Crippen LogP contribution is 2.20. The highest BCUT2D eigenvalue weighted by Gasteiger charge is 2.34. The number of alkyl halides is 3. The number of hydrogen-bond donors (Lipinski definition) is 0. The second kappa shape index (κ2) is 10.2. The van der Waals surface area contributed by atoms with E-state index in [1.807, 2.05) is 24.3 Å². The molecule has 0 saturated carbocycles. The van der Waals surface area contributed by atoms with Crippen molar-refractivity contribution >= 4 is 0 Å². The summed E-state index contributed by atoms with van der Waals surface area (Å²) < 4.78 is 50.0. The molecule has 0 radical (unpaired) electrons. The summed E-state index contributed by atoms with van der Waals surface area (Å²) in [7, 11) is 2.10. The largest absolute Gasteiger partial charge is 0.494 e. The first kappa shape index (κ1) is 21.8. The fourth-order valence-electron chi connectivity index (χ4n) is 3.27. The van der Waals surface area contributed by atoms with Crippen molar-refractivity contribution in [1.29, 1.82) is 0 Å². The van der Waals surface area contributed by atoms with Crippen molar-refractivity contribution in [2.75, 3.05) is 59.5 Å². The first-order valence-electron chi connectivity index (χ1n) is 9.78. The molecule has 154 valence electrons. The van der Waals surface area contributed by atoms with Gasteiger partial charge >= 0.3 is 6.18 Å². The number of ether oxygens (including phenoxy) is 2. The van der Waals surface area contributed by atoms with Gasteiger partial charge in [-0.15, -0.1) is 0 Å². The Morgan fingerprint density at radius 1 is 1.00 bits per heavy atom. The molecule has 1 aliphatic rings. The molecule has 2 rings (SSSR count). The highest BCUT2D eigenvalue weighted by molar-refractivity contribution is 5.31. The second-order valence-corrected chi connectivity index (χ2v) is 7.56. The van der Waals surface area contributed by atoms with Gasteiger partial charge in [-0.3, -0.25) is 4.90 Å². The molecule has 1 unspecified atom stereocenters. The van der Waals surface area contributed by atoms with E-state index >= 15 is 0 Å². The maximum absolute atomic E-state index is 12.6. The van der Waals surface area contributed by atoms with Gasteiger partial charge < -0.3 is 14.0 Å². The number of halogens is 3. The van der Waals surface area contributed by atoms with E-state index < -0.39 is 12.7 Å². The van der Waals surface area contributed by atoms with Gasteiger partial charge in [0.2, 0.25) is 0 Å². The van der Waals surface area contributed by atoms with Crippen LogP contribution in [-0.2, 0) is 0 Å². The molecule has 1 aliphatic heterocycles. The summed E-state index contributed by atoms with van der Waals surface area (Å²) in [5.74, 6) is 1.63. The molecule has 0 bridgehead atoms. The maximum Gasteiger partial charge on any atom is 0.401 e. The molecule has 1 aromatic carbocycles. The third-order valence-electron chi connectivity index (χ3n) is 5.02. The van der Waals surface area contributed by atoms with Gasteiger partial charge in [0.05, 0.1) is 33.3 Å². The minimum atomic E-state index is -4.12. The lowest BCUT2D eigenvalue weighted by Crippen LogP contribution is -2.49. The summed E-state index contributed by atoms with van der Waals surface area (Å²) in [6, 6.07) is 7.61.